The molecule has 0 aromatic rings. The molecule has 2 fully saturated rings. The van der Waals surface area contributed by atoms with E-state index in [1.807, 2.05) is 0 Å². The maximum atomic E-state index is 12.4. The topological polar surface area (TPSA) is 55.1 Å². The molecule has 2 saturated carbocycles. The van der Waals surface area contributed by atoms with E-state index in [1.54, 1.807) is 0 Å². The Labute approximate surface area is 111 Å². The quantitative estimate of drug-likeness (QED) is 0.810. The first-order valence-corrected chi connectivity index (χ1v) is 7.52. The van der Waals surface area contributed by atoms with Crippen LogP contribution in [-0.2, 0) is 4.79 Å². The molecule has 0 aromatic heterocycles. The molecular weight excluding hydrogens is 224 g/mol. The summed E-state index contributed by atoms with van der Waals surface area (Å²) in [5.41, 5.74) is 6.20. The Bertz CT molecular complexity index is 301. The van der Waals surface area contributed by atoms with E-state index in [0.717, 1.165) is 25.7 Å². The van der Waals surface area contributed by atoms with Crippen molar-refractivity contribution in [3.8, 4) is 0 Å². The minimum Gasteiger partial charge on any atom is -0.353 e. The molecule has 3 heteroatoms. The summed E-state index contributed by atoms with van der Waals surface area (Å²) in [5, 5.41) is 3.27. The average Bonchev–Trinajstić information content (AvgIpc) is 2.68. The standard InChI is InChI=1S/C15H28N2O/c1-15(2)8-7-12(9-15)17-14(18)13-6-4-3-5-11(13)10-16/h11-13H,3-10,16H2,1-2H3,(H,17,18). The van der Waals surface area contributed by atoms with E-state index in [2.05, 4.69) is 19.2 Å². The van der Waals surface area contributed by atoms with Gasteiger partial charge in [0.25, 0.3) is 0 Å². The first kappa shape index (κ1) is 13.9. The Morgan fingerprint density at radius 3 is 2.61 bits per heavy atom. The third kappa shape index (κ3) is 3.25. The van der Waals surface area contributed by atoms with Crippen molar-refractivity contribution in [1.29, 1.82) is 0 Å². The lowest BCUT2D eigenvalue weighted by atomic mass is 9.78. The van der Waals surface area contributed by atoms with Crippen molar-refractivity contribution < 1.29 is 4.79 Å². The highest BCUT2D eigenvalue weighted by molar-refractivity contribution is 5.79. The number of nitrogens with one attached hydrogen (secondary N) is 1. The smallest absolute Gasteiger partial charge is 0.223 e. The predicted octanol–water partition coefficient (Wildman–Crippen LogP) is 2.45. The molecule has 2 aliphatic rings. The predicted molar refractivity (Wildman–Crippen MR) is 74.1 cm³/mol. The van der Waals surface area contributed by atoms with Crippen molar-refractivity contribution >= 4 is 5.91 Å². The van der Waals surface area contributed by atoms with E-state index >= 15 is 0 Å². The van der Waals surface area contributed by atoms with E-state index in [1.165, 1.54) is 19.3 Å². The Morgan fingerprint density at radius 2 is 2.00 bits per heavy atom. The van der Waals surface area contributed by atoms with Gasteiger partial charge in [0.15, 0.2) is 0 Å². The van der Waals surface area contributed by atoms with Crippen LogP contribution in [0.15, 0.2) is 0 Å². The molecular formula is C15H28N2O. The van der Waals surface area contributed by atoms with Crippen LogP contribution in [0, 0.1) is 17.3 Å². The first-order chi connectivity index (χ1) is 8.52. The van der Waals surface area contributed by atoms with E-state index < -0.39 is 0 Å². The third-order valence-corrected chi connectivity index (χ3v) is 4.86. The van der Waals surface area contributed by atoms with Crippen LogP contribution in [0.4, 0.5) is 0 Å². The van der Waals surface area contributed by atoms with Crippen molar-refractivity contribution in [2.75, 3.05) is 6.54 Å². The summed E-state index contributed by atoms with van der Waals surface area (Å²) >= 11 is 0. The van der Waals surface area contributed by atoms with E-state index in [9.17, 15) is 4.79 Å². The molecule has 0 heterocycles. The summed E-state index contributed by atoms with van der Waals surface area (Å²) in [6.45, 7) is 5.25. The first-order valence-electron chi connectivity index (χ1n) is 7.52. The Hall–Kier alpha value is -0.570. The second-order valence-electron chi connectivity index (χ2n) is 7.00. The number of amides is 1. The van der Waals surface area contributed by atoms with Gasteiger partial charge in [0.1, 0.15) is 0 Å². The fourth-order valence-electron chi connectivity index (χ4n) is 3.70. The number of carbonyl (C=O) groups excluding carboxylic acids is 1. The molecule has 0 aliphatic heterocycles. The second kappa shape index (κ2) is 5.60. The van der Waals surface area contributed by atoms with Gasteiger partial charge in [0.05, 0.1) is 0 Å². The van der Waals surface area contributed by atoms with Crippen LogP contribution in [0.5, 0.6) is 0 Å². The molecule has 2 aliphatic carbocycles. The van der Waals surface area contributed by atoms with Gasteiger partial charge in [-0.1, -0.05) is 26.7 Å². The Kier molecular flexibility index (Phi) is 4.31. The SMILES string of the molecule is CC1(C)CCC(NC(=O)C2CCCCC2CN)C1. The zero-order chi connectivity index (χ0) is 13.2. The van der Waals surface area contributed by atoms with Gasteiger partial charge in [-0.15, -0.1) is 0 Å². The van der Waals surface area contributed by atoms with Crippen molar-refractivity contribution in [3.63, 3.8) is 0 Å². The molecule has 0 aromatic carbocycles. The van der Waals surface area contributed by atoms with Crippen LogP contribution in [0.25, 0.3) is 0 Å². The lowest BCUT2D eigenvalue weighted by Gasteiger charge is -2.30. The molecule has 104 valence electrons. The van der Waals surface area contributed by atoms with Crippen LogP contribution >= 0.6 is 0 Å². The van der Waals surface area contributed by atoms with Crippen LogP contribution in [0.1, 0.15) is 58.8 Å². The summed E-state index contributed by atoms with van der Waals surface area (Å²) in [4.78, 5) is 12.4. The van der Waals surface area contributed by atoms with Gasteiger partial charge in [-0.2, -0.15) is 0 Å². The summed E-state index contributed by atoms with van der Waals surface area (Å²) in [6, 6.07) is 0.396. The fourth-order valence-corrected chi connectivity index (χ4v) is 3.70. The molecule has 0 radical (unpaired) electrons. The van der Waals surface area contributed by atoms with Gasteiger partial charge >= 0.3 is 0 Å². The highest BCUT2D eigenvalue weighted by Crippen LogP contribution is 2.37. The van der Waals surface area contributed by atoms with Gasteiger partial charge in [-0.05, 0) is 50.0 Å². The van der Waals surface area contributed by atoms with Gasteiger partial charge in [0, 0.05) is 12.0 Å². The number of nitrogens with two attached hydrogens (primary N) is 1. The average molecular weight is 252 g/mol. The zero-order valence-corrected chi connectivity index (χ0v) is 11.9. The fraction of sp³-hybridized carbons (Fsp3) is 0.933. The van der Waals surface area contributed by atoms with Crippen molar-refractivity contribution in [2.45, 2.75) is 64.8 Å². The number of rotatable bonds is 3. The van der Waals surface area contributed by atoms with Crippen molar-refractivity contribution in [2.24, 2.45) is 23.0 Å². The summed E-state index contributed by atoms with van der Waals surface area (Å²) in [7, 11) is 0. The zero-order valence-electron chi connectivity index (χ0n) is 11.9. The maximum Gasteiger partial charge on any atom is 0.223 e. The minimum atomic E-state index is 0.174. The number of hydrogen-bond acceptors (Lipinski definition) is 2. The Balaban J connectivity index is 1.87. The maximum absolute atomic E-state index is 12.4. The van der Waals surface area contributed by atoms with Crippen LogP contribution in [0.3, 0.4) is 0 Å². The van der Waals surface area contributed by atoms with Crippen molar-refractivity contribution in [1.82, 2.24) is 5.32 Å². The van der Waals surface area contributed by atoms with Gasteiger partial charge in [-0.3, -0.25) is 4.79 Å². The molecule has 3 atom stereocenters. The highest BCUT2D eigenvalue weighted by Gasteiger charge is 2.35. The van der Waals surface area contributed by atoms with E-state index in [-0.39, 0.29) is 11.8 Å². The molecule has 3 unspecified atom stereocenters. The van der Waals surface area contributed by atoms with Crippen molar-refractivity contribution in [3.05, 3.63) is 0 Å². The molecule has 3 nitrogen and oxygen atoms in total. The third-order valence-electron chi connectivity index (χ3n) is 4.86. The highest BCUT2D eigenvalue weighted by atomic mass is 16.2. The summed E-state index contributed by atoms with van der Waals surface area (Å²) < 4.78 is 0. The van der Waals surface area contributed by atoms with E-state index in [0.29, 0.717) is 23.9 Å². The van der Waals surface area contributed by atoms with Gasteiger partial charge in [0.2, 0.25) is 5.91 Å². The monoisotopic (exact) mass is 252 g/mol. The van der Waals surface area contributed by atoms with Crippen LogP contribution in [-0.4, -0.2) is 18.5 Å². The largest absolute Gasteiger partial charge is 0.353 e. The molecule has 0 spiro atoms. The molecule has 18 heavy (non-hydrogen) atoms. The summed E-state index contributed by atoms with van der Waals surface area (Å²) in [5.74, 6) is 0.855. The normalized spacial score (nSPS) is 35.4. The molecule has 0 bridgehead atoms. The lowest BCUT2D eigenvalue weighted by molar-refractivity contribution is -0.128. The van der Waals surface area contributed by atoms with Crippen LogP contribution in [0.2, 0.25) is 0 Å². The molecule has 2 rings (SSSR count). The molecule has 3 N–H and O–H groups in total. The molecule has 1 amide bonds. The van der Waals surface area contributed by atoms with Gasteiger partial charge in [-0.25, -0.2) is 0 Å². The van der Waals surface area contributed by atoms with Crippen LogP contribution < -0.4 is 11.1 Å². The Morgan fingerprint density at radius 1 is 1.28 bits per heavy atom. The number of hydrogen-bond donors (Lipinski definition) is 2. The van der Waals surface area contributed by atoms with E-state index in [4.69, 9.17) is 5.73 Å². The lowest BCUT2D eigenvalue weighted by Crippen LogP contribution is -2.43. The second-order valence-corrected chi connectivity index (χ2v) is 7.00. The minimum absolute atomic E-state index is 0.174. The summed E-state index contributed by atoms with van der Waals surface area (Å²) in [6.07, 6.45) is 8.07. The van der Waals surface area contributed by atoms with Gasteiger partial charge < -0.3 is 11.1 Å². The number of carbonyl (C=O) groups is 1. The molecule has 0 saturated heterocycles.